The number of rotatable bonds is 0. The van der Waals surface area contributed by atoms with Gasteiger partial charge in [0.1, 0.15) is 5.38 Å². The van der Waals surface area contributed by atoms with E-state index in [0.717, 1.165) is 0 Å². The first-order valence-electron chi connectivity index (χ1n) is 8.07. The second kappa shape index (κ2) is 4.37. The molecule has 0 spiro atoms. The summed E-state index contributed by atoms with van der Waals surface area (Å²) in [7, 11) is 0. The van der Waals surface area contributed by atoms with E-state index in [4.69, 9.17) is 11.6 Å². The second-order valence-corrected chi connectivity index (χ2v) is 10.6. The highest BCUT2D eigenvalue weighted by atomic mass is 35.5. The van der Waals surface area contributed by atoms with Crippen molar-refractivity contribution in [2.75, 3.05) is 0 Å². The maximum atomic E-state index is 13.0. The molecule has 21 heavy (non-hydrogen) atoms. The third-order valence-corrected chi connectivity index (χ3v) is 6.23. The molecule has 0 aromatic heterocycles. The number of hydrogen-bond acceptors (Lipinski definition) is 1. The van der Waals surface area contributed by atoms with Crippen LogP contribution in [0.4, 0.5) is 0 Å². The maximum absolute atomic E-state index is 13.0. The minimum Gasteiger partial charge on any atom is -0.297 e. The molecule has 0 heterocycles. The Hall–Kier alpha value is -0.300. The Morgan fingerprint density at radius 3 is 1.76 bits per heavy atom. The Balaban J connectivity index is 2.76. The number of ketones is 1. The zero-order valence-corrected chi connectivity index (χ0v) is 15.9. The Bertz CT molecular complexity index is 495. The van der Waals surface area contributed by atoms with Crippen LogP contribution in [0.3, 0.4) is 0 Å². The van der Waals surface area contributed by atoms with Crippen molar-refractivity contribution < 1.29 is 4.79 Å². The average Bonchev–Trinajstić information content (AvgIpc) is 2.70. The monoisotopic (exact) mass is 310 g/mol. The van der Waals surface area contributed by atoms with Crippen molar-refractivity contribution >= 4 is 17.4 Å². The third-order valence-electron chi connectivity index (χ3n) is 5.65. The molecule has 0 aromatic carbocycles. The van der Waals surface area contributed by atoms with Gasteiger partial charge in [-0.2, -0.15) is 0 Å². The molecule has 2 rings (SSSR count). The summed E-state index contributed by atoms with van der Waals surface area (Å²) < 4.78 is 0. The van der Waals surface area contributed by atoms with Gasteiger partial charge in [-0.3, -0.25) is 4.79 Å². The summed E-state index contributed by atoms with van der Waals surface area (Å²) in [5.74, 6) is 0.528. The number of Topliss-reactive ketones (excluding diaryl/α,β-unsaturated/α-hetero) is 1. The van der Waals surface area contributed by atoms with Crippen molar-refractivity contribution in [3.63, 3.8) is 0 Å². The fraction of sp³-hybridized carbons (Fsp3) is 0.842. The molecule has 4 atom stereocenters. The molecular formula is C19H31ClO. The van der Waals surface area contributed by atoms with Gasteiger partial charge in [0.05, 0.1) is 0 Å². The lowest BCUT2D eigenvalue weighted by molar-refractivity contribution is -0.121. The van der Waals surface area contributed by atoms with Crippen LogP contribution in [0.2, 0.25) is 0 Å². The standard InChI is InChI=1S/C19H31ClO/c1-16(2,3)11-10-19(18(7,8)9)14(17(4,5)6)12(11)13(21)15(19)20/h10,12,14-15H,1-9H3/t12-,14+,15?,19+/m0/s1. The molecule has 120 valence electrons. The van der Waals surface area contributed by atoms with Crippen LogP contribution in [0.1, 0.15) is 62.3 Å². The molecule has 0 N–H and O–H groups in total. The van der Waals surface area contributed by atoms with E-state index in [1.54, 1.807) is 0 Å². The van der Waals surface area contributed by atoms with Gasteiger partial charge in [-0.05, 0) is 22.2 Å². The van der Waals surface area contributed by atoms with Crippen LogP contribution in [0.5, 0.6) is 0 Å². The minimum atomic E-state index is -0.391. The summed E-state index contributed by atoms with van der Waals surface area (Å²) in [5, 5.41) is -0.391. The first kappa shape index (κ1) is 17.1. The number of fused-ring (bicyclic) bond motifs is 2. The molecule has 1 nitrogen and oxygen atoms in total. The van der Waals surface area contributed by atoms with E-state index in [9.17, 15) is 4.79 Å². The lowest BCUT2D eigenvalue weighted by atomic mass is 9.56. The number of hydrogen-bond donors (Lipinski definition) is 0. The van der Waals surface area contributed by atoms with Gasteiger partial charge in [0.2, 0.25) is 0 Å². The van der Waals surface area contributed by atoms with Gasteiger partial charge in [-0.1, -0.05) is 74.0 Å². The molecule has 2 bridgehead atoms. The largest absolute Gasteiger partial charge is 0.297 e. The van der Waals surface area contributed by atoms with Gasteiger partial charge in [0, 0.05) is 11.3 Å². The Kier molecular flexibility index (Phi) is 3.55. The van der Waals surface area contributed by atoms with Gasteiger partial charge in [-0.25, -0.2) is 0 Å². The van der Waals surface area contributed by atoms with Crippen molar-refractivity contribution in [2.24, 2.45) is 33.5 Å². The lowest BCUT2D eigenvalue weighted by Crippen LogP contribution is -2.47. The molecule has 1 saturated carbocycles. The van der Waals surface area contributed by atoms with E-state index < -0.39 is 5.38 Å². The van der Waals surface area contributed by atoms with Gasteiger partial charge >= 0.3 is 0 Å². The molecular weight excluding hydrogens is 280 g/mol. The molecule has 0 aromatic rings. The fourth-order valence-electron chi connectivity index (χ4n) is 4.80. The molecule has 1 fully saturated rings. The number of carbonyl (C=O) groups excluding carboxylic acids is 1. The van der Waals surface area contributed by atoms with E-state index in [2.05, 4.69) is 68.4 Å². The summed E-state index contributed by atoms with van der Waals surface area (Å²) in [6.07, 6.45) is 2.40. The van der Waals surface area contributed by atoms with Crippen LogP contribution in [-0.4, -0.2) is 11.2 Å². The predicted molar refractivity (Wildman–Crippen MR) is 90.5 cm³/mol. The van der Waals surface area contributed by atoms with Crippen molar-refractivity contribution in [1.29, 1.82) is 0 Å². The highest BCUT2D eigenvalue weighted by Crippen LogP contribution is 2.70. The number of halogens is 1. The highest BCUT2D eigenvalue weighted by Gasteiger charge is 2.70. The van der Waals surface area contributed by atoms with Crippen LogP contribution >= 0.6 is 11.6 Å². The fourth-order valence-corrected chi connectivity index (χ4v) is 5.46. The van der Waals surface area contributed by atoms with Crippen molar-refractivity contribution in [3.05, 3.63) is 11.6 Å². The van der Waals surface area contributed by atoms with E-state index >= 15 is 0 Å². The van der Waals surface area contributed by atoms with Crippen LogP contribution in [0.25, 0.3) is 0 Å². The Morgan fingerprint density at radius 1 is 1.00 bits per heavy atom. The zero-order chi connectivity index (χ0) is 16.6. The highest BCUT2D eigenvalue weighted by molar-refractivity contribution is 6.34. The molecule has 0 amide bonds. The zero-order valence-electron chi connectivity index (χ0n) is 15.1. The first-order valence-corrected chi connectivity index (χ1v) is 8.50. The Morgan fingerprint density at radius 2 is 1.48 bits per heavy atom. The summed E-state index contributed by atoms with van der Waals surface area (Å²) >= 11 is 6.72. The van der Waals surface area contributed by atoms with Crippen LogP contribution in [0, 0.1) is 33.5 Å². The number of allylic oxidation sites excluding steroid dienone is 2. The number of carbonyl (C=O) groups is 1. The normalized spacial score (nSPS) is 37.1. The van der Waals surface area contributed by atoms with Gasteiger partial charge in [0.15, 0.2) is 5.78 Å². The summed E-state index contributed by atoms with van der Waals surface area (Å²) in [5.41, 5.74) is 1.11. The molecule has 2 heteroatoms. The van der Waals surface area contributed by atoms with Crippen LogP contribution < -0.4 is 0 Å². The van der Waals surface area contributed by atoms with Crippen molar-refractivity contribution in [2.45, 2.75) is 67.7 Å². The average molecular weight is 311 g/mol. The summed E-state index contributed by atoms with van der Waals surface area (Å²) in [6, 6.07) is 0. The summed E-state index contributed by atoms with van der Waals surface area (Å²) in [6.45, 7) is 20.1. The quantitative estimate of drug-likeness (QED) is 0.428. The van der Waals surface area contributed by atoms with E-state index in [0.29, 0.717) is 0 Å². The third kappa shape index (κ3) is 2.14. The topological polar surface area (TPSA) is 17.1 Å². The minimum absolute atomic E-state index is 0.00766. The predicted octanol–water partition coefficient (Wildman–Crippen LogP) is 5.47. The lowest BCUT2D eigenvalue weighted by Gasteiger charge is -2.48. The van der Waals surface area contributed by atoms with Gasteiger partial charge < -0.3 is 0 Å². The van der Waals surface area contributed by atoms with Gasteiger partial charge in [0.25, 0.3) is 0 Å². The SMILES string of the molecule is CC(C)(C)C1=C[C@]2(C(C)(C)C)C(Cl)C(=O)[C@H]1[C@@H]2C(C)(C)C. The first-order chi connectivity index (χ1) is 9.15. The molecule has 2 aliphatic rings. The maximum Gasteiger partial charge on any atom is 0.159 e. The smallest absolute Gasteiger partial charge is 0.159 e. The van der Waals surface area contributed by atoms with Crippen molar-refractivity contribution in [1.82, 2.24) is 0 Å². The van der Waals surface area contributed by atoms with Crippen LogP contribution in [0.15, 0.2) is 11.6 Å². The molecule has 2 aliphatic carbocycles. The summed E-state index contributed by atoms with van der Waals surface area (Å²) in [4.78, 5) is 13.0. The molecule has 1 unspecified atom stereocenters. The van der Waals surface area contributed by atoms with E-state index in [1.807, 2.05) is 0 Å². The molecule has 0 saturated heterocycles. The van der Waals surface area contributed by atoms with Crippen LogP contribution in [-0.2, 0) is 4.79 Å². The Labute approximate surface area is 135 Å². The second-order valence-electron chi connectivity index (χ2n) is 10.1. The van der Waals surface area contributed by atoms with E-state index in [1.165, 1.54) is 5.57 Å². The van der Waals surface area contributed by atoms with Gasteiger partial charge in [-0.15, -0.1) is 11.6 Å². The van der Waals surface area contributed by atoms with Crippen molar-refractivity contribution in [3.8, 4) is 0 Å². The molecule has 0 aliphatic heterocycles. The molecule has 0 radical (unpaired) electrons. The number of alkyl halides is 1. The van der Waals surface area contributed by atoms with E-state index in [-0.39, 0.29) is 39.3 Å².